The van der Waals surface area contributed by atoms with Gasteiger partial charge < -0.3 is 5.32 Å². The molecule has 1 N–H and O–H groups in total. The molecule has 2 atom stereocenters. The molecule has 1 aliphatic carbocycles. The molecule has 1 saturated carbocycles. The lowest BCUT2D eigenvalue weighted by Gasteiger charge is -2.32. The molecular weight excluding hydrogens is 595 g/mol. The van der Waals surface area contributed by atoms with Crippen LogP contribution in [-0.2, 0) is 37.1 Å². The molecule has 1 amide bonds. The van der Waals surface area contributed by atoms with Gasteiger partial charge in [-0.1, -0.05) is 45.8 Å². The number of hydrogen-bond donors (Lipinski definition) is 1. The SMILES string of the molecule is C=C(CN1CCS(=O)(=O)CC1)C(=O)CC[C@@H](NC(=O)[C@@H](CC(=O)CCC)Cc1nc2ccc(CC)cc2s1)C1CCCCC1. The number of hydrogen-bond acceptors (Lipinski definition) is 8. The van der Waals surface area contributed by atoms with Crippen LogP contribution >= 0.6 is 11.3 Å². The van der Waals surface area contributed by atoms with E-state index in [9.17, 15) is 22.8 Å². The summed E-state index contributed by atoms with van der Waals surface area (Å²) >= 11 is 1.60. The minimum atomic E-state index is -2.99. The molecule has 1 aromatic heterocycles. The van der Waals surface area contributed by atoms with Crippen LogP contribution in [0.1, 0.15) is 88.6 Å². The van der Waals surface area contributed by atoms with Crippen LogP contribution in [0.2, 0.25) is 0 Å². The molecule has 0 unspecified atom stereocenters. The van der Waals surface area contributed by atoms with Gasteiger partial charge in [-0.25, -0.2) is 13.4 Å². The summed E-state index contributed by atoms with van der Waals surface area (Å²) in [4.78, 5) is 46.6. The molecule has 8 nitrogen and oxygen atoms in total. The predicted octanol–water partition coefficient (Wildman–Crippen LogP) is 5.48. The fourth-order valence-corrected chi connectivity index (χ4v) is 8.83. The van der Waals surface area contributed by atoms with Gasteiger partial charge in [-0.05, 0) is 55.7 Å². The Hall–Kier alpha value is -2.43. The highest BCUT2D eigenvalue weighted by atomic mass is 32.2. The standard InChI is InChI=1S/C34H49N3O5S2/c1-4-9-28(38)21-27(22-33-35-30-13-12-25(5-2)20-32(30)43-33)34(40)36-29(26-10-7-6-8-11-26)14-15-31(39)24(3)23-37-16-18-44(41,42)19-17-37/h12-13,20,26-27,29H,3-11,14-19,21-23H2,1-2H3,(H,36,40)/t27-,29+/m0/s1. The third-order valence-corrected chi connectivity index (χ3v) is 11.8. The summed E-state index contributed by atoms with van der Waals surface area (Å²) in [5.74, 6) is -0.0570. The van der Waals surface area contributed by atoms with Gasteiger partial charge in [0.15, 0.2) is 15.6 Å². The van der Waals surface area contributed by atoms with E-state index in [1.54, 1.807) is 11.3 Å². The van der Waals surface area contributed by atoms with Crippen LogP contribution in [0.3, 0.4) is 0 Å². The topological polar surface area (TPSA) is 114 Å². The normalized spacial score (nSPS) is 19.0. The number of carbonyl (C=O) groups is 3. The van der Waals surface area contributed by atoms with E-state index in [1.165, 1.54) is 12.0 Å². The maximum Gasteiger partial charge on any atom is 0.224 e. The number of nitrogens with zero attached hydrogens (tertiary/aromatic N) is 2. The van der Waals surface area contributed by atoms with Crippen LogP contribution in [0.5, 0.6) is 0 Å². The zero-order valence-electron chi connectivity index (χ0n) is 26.4. The van der Waals surface area contributed by atoms with Crippen molar-refractivity contribution in [2.75, 3.05) is 31.1 Å². The summed E-state index contributed by atoms with van der Waals surface area (Å²) in [6.07, 6.45) is 8.99. The van der Waals surface area contributed by atoms with Gasteiger partial charge in [0.2, 0.25) is 5.91 Å². The molecule has 1 saturated heterocycles. The summed E-state index contributed by atoms with van der Waals surface area (Å²) in [6, 6.07) is 6.13. The minimum absolute atomic E-state index is 0.0379. The number of rotatable bonds is 16. The van der Waals surface area contributed by atoms with Crippen molar-refractivity contribution in [3.8, 4) is 0 Å². The average Bonchev–Trinajstić information content (AvgIpc) is 3.41. The predicted molar refractivity (Wildman–Crippen MR) is 178 cm³/mol. The third kappa shape index (κ3) is 10.0. The van der Waals surface area contributed by atoms with E-state index in [1.807, 2.05) is 17.9 Å². The summed E-state index contributed by atoms with van der Waals surface area (Å²) in [6.45, 7) is 9.33. The van der Waals surface area contributed by atoms with Gasteiger partial charge in [0.1, 0.15) is 5.78 Å². The second-order valence-electron chi connectivity index (χ2n) is 12.7. The Morgan fingerprint density at radius 2 is 1.82 bits per heavy atom. The van der Waals surface area contributed by atoms with Crippen molar-refractivity contribution in [1.29, 1.82) is 0 Å². The fraction of sp³-hybridized carbons (Fsp3) is 0.647. The molecule has 1 aliphatic heterocycles. The highest BCUT2D eigenvalue weighted by Crippen LogP contribution is 2.30. The molecule has 44 heavy (non-hydrogen) atoms. The first-order valence-electron chi connectivity index (χ1n) is 16.4. The number of fused-ring (bicyclic) bond motifs is 1. The van der Waals surface area contributed by atoms with Crippen molar-refractivity contribution in [1.82, 2.24) is 15.2 Å². The minimum Gasteiger partial charge on any atom is -0.353 e. The number of amides is 1. The first-order chi connectivity index (χ1) is 21.1. The molecule has 2 fully saturated rings. The average molecular weight is 644 g/mol. The van der Waals surface area contributed by atoms with Gasteiger partial charge in [0.05, 0.1) is 32.6 Å². The van der Waals surface area contributed by atoms with Crippen LogP contribution in [-0.4, -0.2) is 73.0 Å². The molecule has 4 rings (SSSR count). The smallest absolute Gasteiger partial charge is 0.224 e. The molecule has 1 aromatic carbocycles. The summed E-state index contributed by atoms with van der Waals surface area (Å²) in [5, 5.41) is 4.18. The summed E-state index contributed by atoms with van der Waals surface area (Å²) < 4.78 is 24.6. The van der Waals surface area contributed by atoms with Gasteiger partial charge in [-0.3, -0.25) is 19.3 Å². The molecule has 0 spiro atoms. The number of aromatic nitrogens is 1. The first kappa shape index (κ1) is 34.4. The van der Waals surface area contributed by atoms with Crippen molar-refractivity contribution in [3.63, 3.8) is 0 Å². The van der Waals surface area contributed by atoms with E-state index in [4.69, 9.17) is 4.98 Å². The number of Topliss-reactive ketones (excluding diaryl/α,β-unsaturated/α-hetero) is 2. The number of aryl methyl sites for hydroxylation is 1. The zero-order valence-corrected chi connectivity index (χ0v) is 28.1. The molecular formula is C34H49N3O5S2. The highest BCUT2D eigenvalue weighted by molar-refractivity contribution is 7.91. The largest absolute Gasteiger partial charge is 0.353 e. The van der Waals surface area contributed by atoms with Crippen LogP contribution in [0.4, 0.5) is 0 Å². The van der Waals surface area contributed by atoms with E-state index in [0.29, 0.717) is 50.4 Å². The molecule has 242 valence electrons. The second-order valence-corrected chi connectivity index (χ2v) is 16.1. The van der Waals surface area contributed by atoms with Crippen molar-refractivity contribution in [2.45, 2.75) is 96.9 Å². The molecule has 0 radical (unpaired) electrons. The maximum atomic E-state index is 13.9. The Labute approximate surface area is 267 Å². The number of benzene rings is 1. The first-order valence-corrected chi connectivity index (χ1v) is 19.0. The summed E-state index contributed by atoms with van der Waals surface area (Å²) in [5.41, 5.74) is 2.66. The molecule has 2 heterocycles. The number of ketones is 2. The number of nitrogens with one attached hydrogen (secondary N) is 1. The van der Waals surface area contributed by atoms with E-state index in [0.717, 1.165) is 53.7 Å². The van der Waals surface area contributed by atoms with Crippen LogP contribution in [0.25, 0.3) is 10.2 Å². The van der Waals surface area contributed by atoms with Crippen LogP contribution in [0.15, 0.2) is 30.4 Å². The van der Waals surface area contributed by atoms with E-state index >= 15 is 0 Å². The Kier molecular flexibility index (Phi) is 12.7. The lowest BCUT2D eigenvalue weighted by atomic mass is 9.81. The van der Waals surface area contributed by atoms with Crippen molar-refractivity contribution in [3.05, 3.63) is 40.9 Å². The quantitative estimate of drug-likeness (QED) is 0.241. The monoisotopic (exact) mass is 643 g/mol. The van der Waals surface area contributed by atoms with Gasteiger partial charge >= 0.3 is 0 Å². The highest BCUT2D eigenvalue weighted by Gasteiger charge is 2.31. The molecule has 10 heteroatoms. The van der Waals surface area contributed by atoms with Gasteiger partial charge in [0.25, 0.3) is 0 Å². The molecule has 0 bridgehead atoms. The van der Waals surface area contributed by atoms with Crippen molar-refractivity contribution >= 4 is 48.9 Å². The summed E-state index contributed by atoms with van der Waals surface area (Å²) in [7, 11) is -2.99. The van der Waals surface area contributed by atoms with Crippen molar-refractivity contribution < 1.29 is 22.8 Å². The second kappa shape index (κ2) is 16.2. The number of carbonyl (C=O) groups excluding carboxylic acids is 3. The van der Waals surface area contributed by atoms with Crippen LogP contribution < -0.4 is 5.32 Å². The Bertz CT molecular complexity index is 1410. The molecule has 2 aromatic rings. The maximum absolute atomic E-state index is 13.9. The zero-order chi connectivity index (χ0) is 31.7. The van der Waals surface area contributed by atoms with Crippen molar-refractivity contribution in [2.24, 2.45) is 11.8 Å². The van der Waals surface area contributed by atoms with Gasteiger partial charge in [-0.2, -0.15) is 0 Å². The van der Waals surface area contributed by atoms with E-state index in [2.05, 4.69) is 31.0 Å². The number of thiazole rings is 1. The third-order valence-electron chi connectivity index (χ3n) is 9.17. The Morgan fingerprint density at radius 1 is 1.09 bits per heavy atom. The van der Waals surface area contributed by atoms with E-state index < -0.39 is 15.8 Å². The lowest BCUT2D eigenvalue weighted by Crippen LogP contribution is -2.45. The molecule has 2 aliphatic rings. The lowest BCUT2D eigenvalue weighted by molar-refractivity contribution is -0.130. The fourth-order valence-electron chi connectivity index (χ4n) is 6.44. The van der Waals surface area contributed by atoms with E-state index in [-0.39, 0.29) is 47.9 Å². The van der Waals surface area contributed by atoms with Gasteiger partial charge in [0, 0.05) is 56.9 Å². The Balaban J connectivity index is 1.43. The Morgan fingerprint density at radius 3 is 2.50 bits per heavy atom. The van der Waals surface area contributed by atoms with Gasteiger partial charge in [-0.15, -0.1) is 11.3 Å². The number of sulfone groups is 1. The van der Waals surface area contributed by atoms with Crippen LogP contribution in [0, 0.1) is 11.8 Å².